The summed E-state index contributed by atoms with van der Waals surface area (Å²) in [6, 6.07) is 0.352. The normalized spacial score (nSPS) is 18.8. The summed E-state index contributed by atoms with van der Waals surface area (Å²) in [5.41, 5.74) is 8.64. The Morgan fingerprint density at radius 3 is 2.20 bits per heavy atom. The zero-order chi connectivity index (χ0) is 14.9. The summed E-state index contributed by atoms with van der Waals surface area (Å²) in [5.74, 6) is 1.14. The van der Waals surface area contributed by atoms with Crippen molar-refractivity contribution in [2.24, 2.45) is 5.41 Å². The average molecular weight is 278 g/mol. The summed E-state index contributed by atoms with van der Waals surface area (Å²) in [4.78, 5) is 2.44. The Hall–Kier alpha value is -1.19. The predicted octanol–water partition coefficient (Wildman–Crippen LogP) is 3.76. The number of nitrogens with zero attached hydrogens (tertiary/aromatic N) is 3. The minimum absolute atomic E-state index is 0.352. The standard InChI is InChI=1S/C16H30N4/c1-6-16(7-2)8-10-19(11-9-16)15-14(17)13(5)18-20(15)12(3)4/h12H,6-11,17H2,1-5H3. The summed E-state index contributed by atoms with van der Waals surface area (Å²) in [6.07, 6.45) is 5.11. The monoisotopic (exact) mass is 278 g/mol. The highest BCUT2D eigenvalue weighted by atomic mass is 15.4. The fraction of sp³-hybridized carbons (Fsp3) is 0.812. The lowest BCUT2D eigenvalue weighted by Crippen LogP contribution is -2.41. The molecule has 1 saturated heterocycles. The van der Waals surface area contributed by atoms with E-state index in [4.69, 9.17) is 5.73 Å². The molecule has 1 aromatic heterocycles. The van der Waals surface area contributed by atoms with Gasteiger partial charge in [0.2, 0.25) is 0 Å². The molecule has 0 aromatic carbocycles. The fourth-order valence-corrected chi connectivity index (χ4v) is 3.37. The van der Waals surface area contributed by atoms with Gasteiger partial charge in [0.1, 0.15) is 0 Å². The van der Waals surface area contributed by atoms with Gasteiger partial charge in [0.25, 0.3) is 0 Å². The Balaban J connectivity index is 2.23. The van der Waals surface area contributed by atoms with Crippen LogP contribution in [0, 0.1) is 12.3 Å². The number of hydrogen-bond acceptors (Lipinski definition) is 3. The van der Waals surface area contributed by atoms with Crippen LogP contribution in [0.3, 0.4) is 0 Å². The first-order valence-electron chi connectivity index (χ1n) is 8.03. The molecule has 0 saturated carbocycles. The molecule has 20 heavy (non-hydrogen) atoms. The molecule has 0 atom stereocenters. The van der Waals surface area contributed by atoms with E-state index in [9.17, 15) is 0 Å². The average Bonchev–Trinajstić information content (AvgIpc) is 2.75. The molecule has 2 heterocycles. The molecule has 0 amide bonds. The second kappa shape index (κ2) is 5.66. The van der Waals surface area contributed by atoms with Crippen molar-refractivity contribution in [2.45, 2.75) is 66.3 Å². The van der Waals surface area contributed by atoms with Gasteiger partial charge in [0.05, 0.1) is 11.4 Å². The van der Waals surface area contributed by atoms with E-state index in [0.29, 0.717) is 11.5 Å². The number of aryl methyl sites for hydroxylation is 1. The van der Waals surface area contributed by atoms with E-state index in [-0.39, 0.29) is 0 Å². The summed E-state index contributed by atoms with van der Waals surface area (Å²) < 4.78 is 2.09. The molecule has 4 nitrogen and oxygen atoms in total. The van der Waals surface area contributed by atoms with E-state index in [1.165, 1.54) is 25.7 Å². The maximum atomic E-state index is 6.28. The quantitative estimate of drug-likeness (QED) is 0.912. The number of aromatic nitrogens is 2. The molecule has 0 aliphatic carbocycles. The molecule has 0 unspecified atom stereocenters. The zero-order valence-electron chi connectivity index (χ0n) is 13.7. The number of rotatable bonds is 4. The second-order valence-electron chi connectivity index (χ2n) is 6.56. The first-order valence-corrected chi connectivity index (χ1v) is 8.03. The molecule has 1 fully saturated rings. The smallest absolute Gasteiger partial charge is 0.150 e. The van der Waals surface area contributed by atoms with Gasteiger partial charge < -0.3 is 10.6 Å². The van der Waals surface area contributed by atoms with Crippen molar-refractivity contribution < 1.29 is 0 Å². The van der Waals surface area contributed by atoms with Crippen LogP contribution in [0.15, 0.2) is 0 Å². The van der Waals surface area contributed by atoms with Gasteiger partial charge in [-0.2, -0.15) is 5.10 Å². The van der Waals surface area contributed by atoms with E-state index in [2.05, 4.69) is 42.4 Å². The van der Waals surface area contributed by atoms with Crippen LogP contribution in [0.5, 0.6) is 0 Å². The van der Waals surface area contributed by atoms with Gasteiger partial charge in [-0.1, -0.05) is 26.7 Å². The van der Waals surface area contributed by atoms with Gasteiger partial charge in [-0.15, -0.1) is 0 Å². The lowest BCUT2D eigenvalue weighted by molar-refractivity contribution is 0.198. The van der Waals surface area contributed by atoms with Crippen LogP contribution in [-0.2, 0) is 0 Å². The van der Waals surface area contributed by atoms with E-state index in [1.807, 2.05) is 6.92 Å². The van der Waals surface area contributed by atoms with Gasteiger partial charge in [0.15, 0.2) is 5.82 Å². The Morgan fingerprint density at radius 2 is 1.75 bits per heavy atom. The van der Waals surface area contributed by atoms with E-state index < -0.39 is 0 Å². The highest BCUT2D eigenvalue weighted by Crippen LogP contribution is 2.40. The third-order valence-electron chi connectivity index (χ3n) is 5.22. The van der Waals surface area contributed by atoms with E-state index >= 15 is 0 Å². The van der Waals surface area contributed by atoms with Crippen molar-refractivity contribution in [3.63, 3.8) is 0 Å². The number of nitrogen functional groups attached to an aromatic ring is 1. The van der Waals surface area contributed by atoms with Crippen molar-refractivity contribution in [1.82, 2.24) is 9.78 Å². The molecule has 1 aromatic rings. The van der Waals surface area contributed by atoms with Gasteiger partial charge in [0, 0.05) is 19.1 Å². The Morgan fingerprint density at radius 1 is 1.20 bits per heavy atom. The Labute approximate surface area is 123 Å². The highest BCUT2D eigenvalue weighted by molar-refractivity contribution is 5.66. The molecule has 4 heteroatoms. The zero-order valence-corrected chi connectivity index (χ0v) is 13.7. The fourth-order valence-electron chi connectivity index (χ4n) is 3.37. The van der Waals surface area contributed by atoms with Crippen LogP contribution in [0.4, 0.5) is 11.5 Å². The van der Waals surface area contributed by atoms with Gasteiger partial charge in [-0.25, -0.2) is 4.68 Å². The maximum Gasteiger partial charge on any atom is 0.150 e. The first-order chi connectivity index (χ1) is 9.44. The number of nitrogens with two attached hydrogens (primary N) is 1. The molecule has 0 radical (unpaired) electrons. The SMILES string of the molecule is CCC1(CC)CCN(c2c(N)c(C)nn2C(C)C)CC1. The summed E-state index contributed by atoms with van der Waals surface area (Å²) in [6.45, 7) is 13.2. The molecule has 2 rings (SSSR count). The van der Waals surface area contributed by atoms with Crippen molar-refractivity contribution in [1.29, 1.82) is 0 Å². The molecule has 114 valence electrons. The van der Waals surface area contributed by atoms with Gasteiger partial charge >= 0.3 is 0 Å². The van der Waals surface area contributed by atoms with Crippen LogP contribution < -0.4 is 10.6 Å². The van der Waals surface area contributed by atoms with E-state index in [1.54, 1.807) is 0 Å². The van der Waals surface area contributed by atoms with Crippen molar-refractivity contribution in [2.75, 3.05) is 23.7 Å². The van der Waals surface area contributed by atoms with Gasteiger partial charge in [-0.3, -0.25) is 0 Å². The number of piperidine rings is 1. The molecule has 1 aliphatic heterocycles. The van der Waals surface area contributed by atoms with Crippen LogP contribution in [-0.4, -0.2) is 22.9 Å². The van der Waals surface area contributed by atoms with Crippen molar-refractivity contribution >= 4 is 11.5 Å². The second-order valence-corrected chi connectivity index (χ2v) is 6.56. The maximum absolute atomic E-state index is 6.28. The minimum Gasteiger partial charge on any atom is -0.394 e. The first kappa shape index (κ1) is 15.2. The van der Waals surface area contributed by atoms with Crippen LogP contribution in [0.25, 0.3) is 0 Å². The summed E-state index contributed by atoms with van der Waals surface area (Å²) >= 11 is 0. The summed E-state index contributed by atoms with van der Waals surface area (Å²) in [7, 11) is 0. The lowest BCUT2D eigenvalue weighted by Gasteiger charge is -2.42. The summed E-state index contributed by atoms with van der Waals surface area (Å²) in [5, 5.41) is 4.61. The number of anilines is 2. The van der Waals surface area contributed by atoms with Crippen LogP contribution >= 0.6 is 0 Å². The third kappa shape index (κ3) is 2.52. The predicted molar refractivity (Wildman–Crippen MR) is 86.2 cm³/mol. The van der Waals surface area contributed by atoms with Gasteiger partial charge in [-0.05, 0) is 39.0 Å². The molecular formula is C16H30N4. The molecular weight excluding hydrogens is 248 g/mol. The third-order valence-corrected chi connectivity index (χ3v) is 5.22. The van der Waals surface area contributed by atoms with Crippen molar-refractivity contribution in [3.8, 4) is 0 Å². The van der Waals surface area contributed by atoms with Crippen LogP contribution in [0.2, 0.25) is 0 Å². The topological polar surface area (TPSA) is 47.1 Å². The largest absolute Gasteiger partial charge is 0.394 e. The highest BCUT2D eigenvalue weighted by Gasteiger charge is 2.33. The molecule has 0 bridgehead atoms. The van der Waals surface area contributed by atoms with Crippen LogP contribution in [0.1, 0.15) is 65.1 Å². The Bertz CT molecular complexity index is 447. The minimum atomic E-state index is 0.352. The lowest BCUT2D eigenvalue weighted by atomic mass is 9.74. The molecule has 2 N–H and O–H groups in total. The molecule has 0 spiro atoms. The van der Waals surface area contributed by atoms with E-state index in [0.717, 1.165) is 30.3 Å². The molecule has 1 aliphatic rings. The Kier molecular flexibility index (Phi) is 4.31. The van der Waals surface area contributed by atoms with Crippen molar-refractivity contribution in [3.05, 3.63) is 5.69 Å². The number of hydrogen-bond donors (Lipinski definition) is 1.